The molecule has 0 spiro atoms. The molecule has 4 nitrogen and oxygen atoms in total. The van der Waals surface area contributed by atoms with Gasteiger partial charge in [-0.1, -0.05) is 13.0 Å². The number of halogens is 2. The van der Waals surface area contributed by atoms with Gasteiger partial charge in [-0.2, -0.15) is 0 Å². The van der Waals surface area contributed by atoms with Crippen molar-refractivity contribution in [1.82, 2.24) is 10.2 Å². The Kier molecular flexibility index (Phi) is 6.44. The van der Waals surface area contributed by atoms with Crippen LogP contribution in [0.15, 0.2) is 18.2 Å². The Bertz CT molecular complexity index is 515. The lowest BCUT2D eigenvalue weighted by Gasteiger charge is -2.26. The molecule has 22 heavy (non-hydrogen) atoms. The van der Waals surface area contributed by atoms with Crippen molar-refractivity contribution in [3.05, 3.63) is 35.4 Å². The minimum atomic E-state index is -1.12. The maximum Gasteiger partial charge on any atom is 0.234 e. The van der Waals surface area contributed by atoms with Gasteiger partial charge in [0.15, 0.2) is 0 Å². The number of rotatable bonds is 6. The summed E-state index contributed by atoms with van der Waals surface area (Å²) >= 11 is 0. The Morgan fingerprint density at radius 1 is 1.36 bits per heavy atom. The van der Waals surface area contributed by atoms with Crippen LogP contribution in [0.25, 0.3) is 0 Å². The first-order valence-corrected chi connectivity index (χ1v) is 7.28. The zero-order chi connectivity index (χ0) is 16.9. The van der Waals surface area contributed by atoms with Crippen molar-refractivity contribution in [2.75, 3.05) is 19.6 Å². The van der Waals surface area contributed by atoms with Crippen molar-refractivity contribution in [1.29, 1.82) is 0 Å². The molecule has 1 atom stereocenters. The van der Waals surface area contributed by atoms with Gasteiger partial charge in [-0.25, -0.2) is 8.78 Å². The number of amides is 1. The minimum absolute atomic E-state index is 0.0241. The smallest absolute Gasteiger partial charge is 0.234 e. The molecule has 1 aromatic carbocycles. The topological polar surface area (TPSA) is 52.6 Å². The van der Waals surface area contributed by atoms with E-state index in [0.29, 0.717) is 6.54 Å². The highest BCUT2D eigenvalue weighted by Gasteiger charge is 2.20. The average Bonchev–Trinajstić information content (AvgIpc) is 2.35. The number of carbonyl (C=O) groups excluding carboxylic acids is 1. The number of benzene rings is 1. The van der Waals surface area contributed by atoms with E-state index in [2.05, 4.69) is 5.32 Å². The van der Waals surface area contributed by atoms with Gasteiger partial charge in [-0.15, -0.1) is 0 Å². The molecule has 6 heteroatoms. The maximum atomic E-state index is 13.6. The van der Waals surface area contributed by atoms with Crippen LogP contribution in [0.1, 0.15) is 39.4 Å². The third-order valence-electron chi connectivity index (χ3n) is 3.08. The largest absolute Gasteiger partial charge is 0.387 e. The first-order chi connectivity index (χ1) is 10.1. The SMILES string of the molecule is CCN(CC(=O)NC(C)(C)C)CC(O)c1ccc(F)cc1F. The summed E-state index contributed by atoms with van der Waals surface area (Å²) in [5.74, 6) is -1.64. The summed E-state index contributed by atoms with van der Waals surface area (Å²) < 4.78 is 26.5. The van der Waals surface area contributed by atoms with Crippen molar-refractivity contribution >= 4 is 5.91 Å². The molecule has 0 saturated carbocycles. The molecule has 0 fully saturated rings. The molecule has 0 aliphatic carbocycles. The first-order valence-electron chi connectivity index (χ1n) is 7.28. The van der Waals surface area contributed by atoms with Gasteiger partial charge in [0, 0.05) is 23.7 Å². The van der Waals surface area contributed by atoms with E-state index in [1.807, 2.05) is 27.7 Å². The molecule has 1 amide bonds. The van der Waals surface area contributed by atoms with Crippen molar-refractivity contribution in [3.8, 4) is 0 Å². The number of hydrogen-bond acceptors (Lipinski definition) is 3. The van der Waals surface area contributed by atoms with Crippen LogP contribution in [0.2, 0.25) is 0 Å². The van der Waals surface area contributed by atoms with E-state index in [-0.39, 0.29) is 30.1 Å². The molecule has 1 rings (SSSR count). The highest BCUT2D eigenvalue weighted by molar-refractivity contribution is 5.78. The molecule has 2 N–H and O–H groups in total. The number of nitrogens with one attached hydrogen (secondary N) is 1. The van der Waals surface area contributed by atoms with Gasteiger partial charge >= 0.3 is 0 Å². The van der Waals surface area contributed by atoms with Gasteiger partial charge in [-0.05, 0) is 33.4 Å². The third kappa shape index (κ3) is 6.07. The Balaban J connectivity index is 2.67. The third-order valence-corrected chi connectivity index (χ3v) is 3.08. The number of aliphatic hydroxyl groups is 1. The van der Waals surface area contributed by atoms with Crippen LogP contribution in [0.3, 0.4) is 0 Å². The van der Waals surface area contributed by atoms with Crippen LogP contribution in [-0.2, 0) is 4.79 Å². The molecular formula is C16H24F2N2O2. The summed E-state index contributed by atoms with van der Waals surface area (Å²) in [6, 6.07) is 3.06. The van der Waals surface area contributed by atoms with E-state index in [1.165, 1.54) is 6.07 Å². The molecule has 0 aromatic heterocycles. The predicted octanol–water partition coefficient (Wildman–Crippen LogP) is 2.23. The number of aliphatic hydroxyl groups excluding tert-OH is 1. The summed E-state index contributed by atoms with van der Waals surface area (Å²) in [4.78, 5) is 13.6. The molecule has 1 aromatic rings. The lowest BCUT2D eigenvalue weighted by Crippen LogP contribution is -2.46. The van der Waals surface area contributed by atoms with Crippen LogP contribution in [0.5, 0.6) is 0 Å². The van der Waals surface area contributed by atoms with Crippen LogP contribution >= 0.6 is 0 Å². The predicted molar refractivity (Wildman–Crippen MR) is 81.3 cm³/mol. The van der Waals surface area contributed by atoms with Gasteiger partial charge in [0.2, 0.25) is 5.91 Å². The summed E-state index contributed by atoms with van der Waals surface area (Å²) in [5.41, 5.74) is -0.311. The molecule has 0 saturated heterocycles. The van der Waals surface area contributed by atoms with E-state index in [4.69, 9.17) is 0 Å². The molecule has 0 bridgehead atoms. The van der Waals surface area contributed by atoms with Gasteiger partial charge in [0.05, 0.1) is 12.6 Å². The standard InChI is InChI=1S/C16H24F2N2O2/c1-5-20(10-15(22)19-16(2,3)4)9-14(21)12-7-6-11(17)8-13(12)18/h6-8,14,21H,5,9-10H2,1-4H3,(H,19,22). The normalized spacial score (nSPS) is 13.3. The van der Waals surface area contributed by atoms with E-state index in [0.717, 1.165) is 12.1 Å². The lowest BCUT2D eigenvalue weighted by molar-refractivity contribution is -0.123. The fourth-order valence-corrected chi connectivity index (χ4v) is 2.08. The van der Waals surface area contributed by atoms with Gasteiger partial charge in [0.1, 0.15) is 11.6 Å². The number of likely N-dealkylation sites (N-methyl/N-ethyl adjacent to an activating group) is 1. The van der Waals surface area contributed by atoms with Crippen LogP contribution in [0.4, 0.5) is 8.78 Å². The second kappa shape index (κ2) is 7.65. The van der Waals surface area contributed by atoms with Crippen molar-refractivity contribution in [3.63, 3.8) is 0 Å². The van der Waals surface area contributed by atoms with E-state index in [9.17, 15) is 18.7 Å². The molecule has 0 radical (unpaired) electrons. The number of hydrogen-bond donors (Lipinski definition) is 2. The van der Waals surface area contributed by atoms with Gasteiger partial charge in [-0.3, -0.25) is 9.69 Å². The summed E-state index contributed by atoms with van der Waals surface area (Å²) in [6.07, 6.45) is -1.12. The second-order valence-electron chi connectivity index (χ2n) is 6.31. The summed E-state index contributed by atoms with van der Waals surface area (Å²) in [5, 5.41) is 12.9. The molecule has 124 valence electrons. The number of carbonyl (C=O) groups is 1. The zero-order valence-electron chi connectivity index (χ0n) is 13.5. The maximum absolute atomic E-state index is 13.6. The number of nitrogens with zero attached hydrogens (tertiary/aromatic N) is 1. The highest BCUT2D eigenvalue weighted by atomic mass is 19.1. The fourth-order valence-electron chi connectivity index (χ4n) is 2.08. The monoisotopic (exact) mass is 314 g/mol. The van der Waals surface area contributed by atoms with Gasteiger partial charge < -0.3 is 10.4 Å². The molecule has 0 aliphatic heterocycles. The lowest BCUT2D eigenvalue weighted by atomic mass is 10.1. The van der Waals surface area contributed by atoms with E-state index >= 15 is 0 Å². The minimum Gasteiger partial charge on any atom is -0.387 e. The quantitative estimate of drug-likeness (QED) is 0.847. The van der Waals surface area contributed by atoms with Gasteiger partial charge in [0.25, 0.3) is 0 Å². The van der Waals surface area contributed by atoms with Crippen molar-refractivity contribution in [2.45, 2.75) is 39.3 Å². The Morgan fingerprint density at radius 2 is 2.00 bits per heavy atom. The van der Waals surface area contributed by atoms with Crippen LogP contribution in [0, 0.1) is 11.6 Å². The first kappa shape index (κ1) is 18.5. The molecule has 0 heterocycles. The second-order valence-corrected chi connectivity index (χ2v) is 6.31. The molecule has 0 aliphatic rings. The van der Waals surface area contributed by atoms with Crippen LogP contribution < -0.4 is 5.32 Å². The van der Waals surface area contributed by atoms with E-state index in [1.54, 1.807) is 4.90 Å². The summed E-state index contributed by atoms with van der Waals surface area (Å²) in [7, 11) is 0. The van der Waals surface area contributed by atoms with Crippen molar-refractivity contribution < 1.29 is 18.7 Å². The molecule has 1 unspecified atom stereocenters. The van der Waals surface area contributed by atoms with Crippen molar-refractivity contribution in [2.24, 2.45) is 0 Å². The Labute approximate surface area is 130 Å². The van der Waals surface area contributed by atoms with E-state index < -0.39 is 17.7 Å². The molecular weight excluding hydrogens is 290 g/mol. The zero-order valence-corrected chi connectivity index (χ0v) is 13.5. The Hall–Kier alpha value is -1.53. The summed E-state index contributed by atoms with van der Waals surface area (Å²) in [6.45, 7) is 8.21. The average molecular weight is 314 g/mol. The highest BCUT2D eigenvalue weighted by Crippen LogP contribution is 2.19. The van der Waals surface area contributed by atoms with Crippen LogP contribution in [-0.4, -0.2) is 41.1 Å². The Morgan fingerprint density at radius 3 is 2.50 bits per heavy atom. The fraction of sp³-hybridized carbons (Fsp3) is 0.562.